The molecule has 0 N–H and O–H groups in total. The summed E-state index contributed by atoms with van der Waals surface area (Å²) in [6.07, 6.45) is 0. The van der Waals surface area contributed by atoms with E-state index < -0.39 is 0 Å². The average molecular weight is 222 g/mol. The smallest absolute Gasteiger partial charge is 0 e. The molecule has 0 unspecified atom stereocenters. The molecule has 0 saturated carbocycles. The van der Waals surface area contributed by atoms with Crippen LogP contribution in [0.1, 0.15) is 0 Å². The Morgan fingerprint density at radius 2 is 0.500 bits per heavy atom. The van der Waals surface area contributed by atoms with E-state index in [9.17, 15) is 0 Å². The number of rotatable bonds is 0. The van der Waals surface area contributed by atoms with E-state index in [0.717, 1.165) is 0 Å². The van der Waals surface area contributed by atoms with Crippen LogP contribution in [0.3, 0.4) is 0 Å². The van der Waals surface area contributed by atoms with E-state index >= 15 is 0 Å². The van der Waals surface area contributed by atoms with E-state index in [1.165, 1.54) is 0 Å². The van der Waals surface area contributed by atoms with Gasteiger partial charge in [-0.25, -0.2) is 0 Å². The summed E-state index contributed by atoms with van der Waals surface area (Å²) in [4.78, 5) is 0. The predicted octanol–water partition coefficient (Wildman–Crippen LogP) is -1.14. The van der Waals surface area contributed by atoms with Gasteiger partial charge in [0.05, 0.1) is 0 Å². The van der Waals surface area contributed by atoms with Crippen molar-refractivity contribution in [2.75, 3.05) is 0 Å². The molecule has 4 heteroatoms. The maximum Gasteiger partial charge on any atom is 0 e. The predicted molar refractivity (Wildman–Crippen MR) is 17.3 cm³/mol. The fraction of sp³-hybridized carbons (Fsp3) is 0. The zero-order valence-electron chi connectivity index (χ0n) is 2.31. The Kier molecular flexibility index (Phi) is 118. The van der Waals surface area contributed by atoms with Crippen molar-refractivity contribution in [2.45, 2.75) is 0 Å². The summed E-state index contributed by atoms with van der Waals surface area (Å²) in [5, 5.41) is 0. The van der Waals surface area contributed by atoms with Crippen molar-refractivity contribution in [1.82, 2.24) is 0 Å². The molecule has 0 aliphatic rings. The Hall–Kier alpha value is 2.96. The molecule has 4 heavy (non-hydrogen) atoms. The summed E-state index contributed by atoms with van der Waals surface area (Å²) in [7, 11) is 0. The van der Waals surface area contributed by atoms with Crippen LogP contribution >= 0.6 is 0 Å². The molecule has 12 valence electrons. The van der Waals surface area contributed by atoms with Gasteiger partial charge in [0.1, 0.15) is 0 Å². The number of hydrogen-bond donors (Lipinski definition) is 0. The van der Waals surface area contributed by atoms with Crippen LogP contribution in [0.5, 0.6) is 0 Å². The number of hydrogen-bond acceptors (Lipinski definition) is 0. The average Bonchev–Trinajstić information content (AvgIpc) is 0. The van der Waals surface area contributed by atoms with Crippen LogP contribution < -0.4 is 0 Å². The second-order valence-corrected chi connectivity index (χ2v) is 0. The molecule has 0 bridgehead atoms. The summed E-state index contributed by atoms with van der Waals surface area (Å²) < 4.78 is 0. The first-order chi connectivity index (χ1) is 0. The minimum atomic E-state index is 0. The summed E-state index contributed by atoms with van der Waals surface area (Å²) >= 11 is 0. The van der Waals surface area contributed by atoms with Crippen LogP contribution in [-0.2, 0) is 0 Å². The van der Waals surface area contributed by atoms with Crippen molar-refractivity contribution >= 4 is 52.1 Å². The van der Waals surface area contributed by atoms with Gasteiger partial charge in [-0.05, 0) is 0 Å². The molecule has 0 atom stereocenters. The van der Waals surface area contributed by atoms with Crippen LogP contribution in [0.15, 0.2) is 0 Å². The van der Waals surface area contributed by atoms with Gasteiger partial charge in [-0.3, -0.25) is 0 Å². The molecule has 10 radical (unpaired) electrons. The molecule has 0 aromatic carbocycles. The third-order valence-electron chi connectivity index (χ3n) is 0. The van der Waals surface area contributed by atoms with Crippen molar-refractivity contribution in [3.05, 3.63) is 0 Å². The molecule has 0 aromatic heterocycles. The van der Waals surface area contributed by atoms with Gasteiger partial charge in [0, 0.05) is 93.4 Å². The Bertz CT molecular complexity index is 3.25. The van der Waals surface area contributed by atoms with E-state index in [1.807, 2.05) is 0 Å². The molecule has 0 aliphatic heterocycles. The van der Waals surface area contributed by atoms with E-state index in [0.29, 0.717) is 0 Å². The van der Waals surface area contributed by atoms with Gasteiger partial charge in [-0.15, -0.1) is 0 Å². The van der Waals surface area contributed by atoms with Gasteiger partial charge >= 0.3 is 0 Å². The molecular weight excluding hydrogens is 222 g/mol. The Labute approximate surface area is 91.4 Å². The second-order valence-electron chi connectivity index (χ2n) is 0. The van der Waals surface area contributed by atoms with Crippen molar-refractivity contribution in [1.29, 1.82) is 0 Å². The van der Waals surface area contributed by atoms with E-state index in [1.54, 1.807) is 0 Å². The van der Waals surface area contributed by atoms with Gasteiger partial charge in [0.25, 0.3) is 0 Å². The normalized spacial score (nSPS) is 0. The fourth-order valence-corrected chi connectivity index (χ4v) is 0. The van der Waals surface area contributed by atoms with Crippen molar-refractivity contribution in [3.63, 3.8) is 0 Å². The van der Waals surface area contributed by atoms with Gasteiger partial charge in [-0.1, -0.05) is 0 Å². The van der Waals surface area contributed by atoms with E-state index in [-0.39, 0.29) is 93.4 Å². The minimum Gasteiger partial charge on any atom is 0 e. The third-order valence-corrected chi connectivity index (χ3v) is 0. The largest absolute Gasteiger partial charge is 0 e. The maximum absolute atomic E-state index is 0. The van der Waals surface area contributed by atoms with Gasteiger partial charge in [-0.2, -0.15) is 0 Å². The standard InChI is InChI=1S/3Al.Pr. The quantitative estimate of drug-likeness (QED) is 0.454. The zero-order valence-corrected chi connectivity index (χ0v) is 9.48. The Balaban J connectivity index is 0. The zero-order chi connectivity index (χ0) is 0. The van der Waals surface area contributed by atoms with Crippen LogP contribution in [0, 0.1) is 41.3 Å². The molecule has 0 heterocycles. The second kappa shape index (κ2) is 16.7. The molecular formula is Al3Pr. The van der Waals surface area contributed by atoms with Crippen LogP contribution in [0.4, 0.5) is 0 Å². The van der Waals surface area contributed by atoms with E-state index in [2.05, 4.69) is 0 Å². The van der Waals surface area contributed by atoms with Crippen LogP contribution in [-0.4, -0.2) is 52.1 Å². The molecule has 0 rings (SSSR count). The first kappa shape index (κ1) is 28.2. The molecule has 0 spiro atoms. The van der Waals surface area contributed by atoms with Crippen LogP contribution in [0.2, 0.25) is 0 Å². The molecule has 0 aliphatic carbocycles. The van der Waals surface area contributed by atoms with Gasteiger partial charge in [0.2, 0.25) is 0 Å². The molecule has 0 amide bonds. The maximum atomic E-state index is 0. The molecule has 0 saturated heterocycles. The first-order valence-corrected chi connectivity index (χ1v) is 0. The minimum absolute atomic E-state index is 0. The SMILES string of the molecule is [Al].[Al].[Al].[Pr]. The van der Waals surface area contributed by atoms with Gasteiger partial charge < -0.3 is 0 Å². The summed E-state index contributed by atoms with van der Waals surface area (Å²) in [5.74, 6) is 0. The summed E-state index contributed by atoms with van der Waals surface area (Å²) in [6, 6.07) is 0. The molecule has 0 nitrogen and oxygen atoms in total. The van der Waals surface area contributed by atoms with E-state index in [4.69, 9.17) is 0 Å². The summed E-state index contributed by atoms with van der Waals surface area (Å²) in [5.41, 5.74) is 0. The summed E-state index contributed by atoms with van der Waals surface area (Å²) in [6.45, 7) is 0. The molecule has 0 aromatic rings. The third kappa shape index (κ3) is 8.88. The van der Waals surface area contributed by atoms with Gasteiger partial charge in [0.15, 0.2) is 0 Å². The topological polar surface area (TPSA) is 0 Å². The Morgan fingerprint density at radius 1 is 0.500 bits per heavy atom. The monoisotopic (exact) mass is 222 g/mol. The fourth-order valence-electron chi connectivity index (χ4n) is 0. The van der Waals surface area contributed by atoms with Crippen LogP contribution in [0.25, 0.3) is 0 Å². The van der Waals surface area contributed by atoms with Crippen molar-refractivity contribution in [2.24, 2.45) is 0 Å². The Morgan fingerprint density at radius 3 is 0.500 bits per heavy atom. The molecule has 0 fully saturated rings. The van der Waals surface area contributed by atoms with Crippen molar-refractivity contribution in [3.8, 4) is 0 Å². The van der Waals surface area contributed by atoms with Crippen molar-refractivity contribution < 1.29 is 41.3 Å². The first-order valence-electron chi connectivity index (χ1n) is 0.